The predicted molar refractivity (Wildman–Crippen MR) is 175 cm³/mol. The fourth-order valence-corrected chi connectivity index (χ4v) is 5.99. The molecule has 0 spiro atoms. The number of carbonyl (C=O) groups is 1. The molecular formula is C34H34FN9O. The van der Waals surface area contributed by atoms with Gasteiger partial charge in [-0.1, -0.05) is 12.8 Å². The summed E-state index contributed by atoms with van der Waals surface area (Å²) < 4.78 is 14.7. The van der Waals surface area contributed by atoms with Crippen molar-refractivity contribution >= 4 is 39.2 Å². The van der Waals surface area contributed by atoms with Crippen LogP contribution in [0.5, 0.6) is 0 Å². The molecule has 0 atom stereocenters. The second kappa shape index (κ2) is 12.1. The summed E-state index contributed by atoms with van der Waals surface area (Å²) >= 11 is 0. The zero-order valence-corrected chi connectivity index (χ0v) is 25.2. The predicted octanol–water partition coefficient (Wildman–Crippen LogP) is 6.47. The maximum Gasteiger partial charge on any atom is 0.227 e. The fraction of sp³-hybridized carbons (Fsp3) is 0.265. The highest BCUT2D eigenvalue weighted by molar-refractivity contribution is 5.99. The molecule has 1 aliphatic carbocycles. The molecule has 5 heterocycles. The topological polar surface area (TPSA) is 128 Å². The molecule has 0 aliphatic heterocycles. The van der Waals surface area contributed by atoms with Crippen LogP contribution in [-0.2, 0) is 4.79 Å². The van der Waals surface area contributed by atoms with E-state index in [9.17, 15) is 9.18 Å². The van der Waals surface area contributed by atoms with Crippen LogP contribution in [0.15, 0.2) is 67.1 Å². The largest absolute Gasteiger partial charge is 0.384 e. The number of aromatic nitrogens is 6. The van der Waals surface area contributed by atoms with Gasteiger partial charge in [-0.15, -0.1) is 0 Å². The molecule has 0 saturated heterocycles. The molecule has 0 radical (unpaired) electrons. The minimum Gasteiger partial charge on any atom is -0.384 e. The quantitative estimate of drug-likeness (QED) is 0.149. The second-order valence-electron chi connectivity index (χ2n) is 11.9. The van der Waals surface area contributed by atoms with E-state index in [0.717, 1.165) is 59.9 Å². The van der Waals surface area contributed by atoms with Gasteiger partial charge in [-0.2, -0.15) is 5.10 Å². The van der Waals surface area contributed by atoms with Crippen molar-refractivity contribution in [3.8, 4) is 33.9 Å². The number of fused-ring (bicyclic) bond motifs is 2. The monoisotopic (exact) mass is 603 g/mol. The molecule has 0 bridgehead atoms. The molecule has 4 N–H and O–H groups in total. The maximum absolute atomic E-state index is 14.7. The van der Waals surface area contributed by atoms with E-state index in [1.54, 1.807) is 18.6 Å². The number of aromatic amines is 2. The zero-order chi connectivity index (χ0) is 30.9. The maximum atomic E-state index is 14.7. The highest BCUT2D eigenvalue weighted by atomic mass is 19.1. The summed E-state index contributed by atoms with van der Waals surface area (Å²) in [5.74, 6) is -0.216. The molecule has 45 heavy (non-hydrogen) atoms. The Hall–Kier alpha value is -5.16. The van der Waals surface area contributed by atoms with E-state index in [1.165, 1.54) is 12.1 Å². The molecule has 1 saturated carbocycles. The van der Waals surface area contributed by atoms with Gasteiger partial charge in [-0.3, -0.25) is 19.9 Å². The van der Waals surface area contributed by atoms with Gasteiger partial charge in [0.15, 0.2) is 0 Å². The summed E-state index contributed by atoms with van der Waals surface area (Å²) in [6, 6.07) is 14.5. The molecule has 228 valence electrons. The lowest BCUT2D eigenvalue weighted by Crippen LogP contribution is -2.20. The van der Waals surface area contributed by atoms with Gasteiger partial charge in [0, 0.05) is 59.1 Å². The molecule has 10 nitrogen and oxygen atoms in total. The van der Waals surface area contributed by atoms with E-state index in [-0.39, 0.29) is 17.6 Å². The number of hydrogen-bond acceptors (Lipinski definition) is 7. The Morgan fingerprint density at radius 2 is 1.82 bits per heavy atom. The van der Waals surface area contributed by atoms with Crippen molar-refractivity contribution in [3.63, 3.8) is 0 Å². The Morgan fingerprint density at radius 1 is 0.978 bits per heavy atom. The first kappa shape index (κ1) is 28.6. The average molecular weight is 604 g/mol. The first-order valence-corrected chi connectivity index (χ1v) is 15.2. The summed E-state index contributed by atoms with van der Waals surface area (Å²) in [5.41, 5.74) is 7.93. The molecule has 0 unspecified atom stereocenters. The van der Waals surface area contributed by atoms with E-state index < -0.39 is 0 Å². The lowest BCUT2D eigenvalue weighted by molar-refractivity contribution is -0.119. The molecule has 11 heteroatoms. The minimum absolute atomic E-state index is 0.0507. The van der Waals surface area contributed by atoms with Crippen LogP contribution in [0.2, 0.25) is 0 Å². The number of carbonyl (C=O) groups excluding carboxylic acids is 1. The molecule has 7 rings (SSSR count). The number of pyridine rings is 3. The van der Waals surface area contributed by atoms with Crippen LogP contribution in [0.4, 0.5) is 15.8 Å². The number of benzene rings is 1. The van der Waals surface area contributed by atoms with Gasteiger partial charge in [0.1, 0.15) is 17.0 Å². The molecule has 6 aromatic rings. The Morgan fingerprint density at radius 3 is 2.67 bits per heavy atom. The van der Waals surface area contributed by atoms with Crippen molar-refractivity contribution in [2.24, 2.45) is 5.92 Å². The Kier molecular flexibility index (Phi) is 7.68. The number of amides is 1. The van der Waals surface area contributed by atoms with Crippen LogP contribution in [0.25, 0.3) is 55.8 Å². The van der Waals surface area contributed by atoms with Crippen LogP contribution >= 0.6 is 0 Å². The highest BCUT2D eigenvalue weighted by Crippen LogP contribution is 2.34. The number of nitrogens with zero attached hydrogens (tertiary/aromatic N) is 5. The third kappa shape index (κ3) is 5.99. The summed E-state index contributed by atoms with van der Waals surface area (Å²) in [5, 5.41) is 14.9. The molecule has 1 amide bonds. The standard InChI is InChI=1S/C34H34FN9O/c1-44(2)12-11-37-24-14-21(13-23(35)16-24)31-26-17-30(40-28(26)9-10-38-31)33-32-29(42-43-33)8-7-27(41-32)22-15-25(19-36-18-22)39-34(45)20-5-3-4-6-20/h7-10,13-20,37,40H,3-6,11-12H2,1-2H3,(H,39,45)(H,42,43). The number of nitrogens with one attached hydrogen (secondary N) is 4. The van der Waals surface area contributed by atoms with Crippen molar-refractivity contribution < 1.29 is 9.18 Å². The van der Waals surface area contributed by atoms with Gasteiger partial charge in [-0.25, -0.2) is 9.37 Å². The summed E-state index contributed by atoms with van der Waals surface area (Å²) in [6.07, 6.45) is 9.18. The number of anilines is 2. The normalized spacial score (nSPS) is 13.7. The molecule has 1 aliphatic rings. The first-order valence-electron chi connectivity index (χ1n) is 15.2. The summed E-state index contributed by atoms with van der Waals surface area (Å²) in [7, 11) is 4.00. The first-order chi connectivity index (χ1) is 21.9. The van der Waals surface area contributed by atoms with E-state index in [2.05, 4.69) is 40.7 Å². The van der Waals surface area contributed by atoms with Gasteiger partial charge < -0.3 is 20.5 Å². The molecule has 1 fully saturated rings. The number of halogens is 1. The molecule has 5 aromatic heterocycles. The van der Waals surface area contributed by atoms with E-state index in [1.807, 2.05) is 50.5 Å². The zero-order valence-electron chi connectivity index (χ0n) is 25.2. The third-order valence-electron chi connectivity index (χ3n) is 8.30. The van der Waals surface area contributed by atoms with E-state index in [4.69, 9.17) is 4.98 Å². The van der Waals surface area contributed by atoms with Crippen LogP contribution in [0.3, 0.4) is 0 Å². The smallest absolute Gasteiger partial charge is 0.227 e. The SMILES string of the molecule is CN(C)CCNc1cc(F)cc(-c2nccc3[nH]c(-c4n[nH]c5ccc(-c6cncc(NC(=O)C7CCCC7)c6)nc45)cc23)c1. The van der Waals surface area contributed by atoms with E-state index >= 15 is 0 Å². The van der Waals surface area contributed by atoms with Crippen molar-refractivity contribution in [3.05, 3.63) is 72.9 Å². The van der Waals surface area contributed by atoms with Crippen LogP contribution < -0.4 is 10.6 Å². The van der Waals surface area contributed by atoms with Gasteiger partial charge in [0.05, 0.1) is 34.5 Å². The van der Waals surface area contributed by atoms with Crippen LogP contribution in [0.1, 0.15) is 25.7 Å². The summed E-state index contributed by atoms with van der Waals surface area (Å²) in [4.78, 5) is 32.2. The van der Waals surface area contributed by atoms with Gasteiger partial charge in [0.25, 0.3) is 0 Å². The van der Waals surface area contributed by atoms with Crippen molar-refractivity contribution in [2.45, 2.75) is 25.7 Å². The Balaban J connectivity index is 1.20. The van der Waals surface area contributed by atoms with Crippen LogP contribution in [-0.4, -0.2) is 68.1 Å². The Labute approximate surface area is 259 Å². The van der Waals surface area contributed by atoms with Crippen molar-refractivity contribution in [2.75, 3.05) is 37.8 Å². The lowest BCUT2D eigenvalue weighted by atomic mass is 10.1. The molecular weight excluding hydrogens is 569 g/mol. The number of H-pyrrole nitrogens is 2. The van der Waals surface area contributed by atoms with Crippen molar-refractivity contribution in [1.82, 2.24) is 35.0 Å². The highest BCUT2D eigenvalue weighted by Gasteiger charge is 2.23. The number of hydrogen-bond donors (Lipinski definition) is 4. The third-order valence-corrected chi connectivity index (χ3v) is 8.30. The second-order valence-corrected chi connectivity index (χ2v) is 11.9. The fourth-order valence-electron chi connectivity index (χ4n) is 5.99. The van der Waals surface area contributed by atoms with Gasteiger partial charge in [0.2, 0.25) is 5.91 Å². The number of likely N-dealkylation sites (N-methyl/N-ethyl adjacent to an activating group) is 1. The minimum atomic E-state index is -0.332. The van der Waals surface area contributed by atoms with Crippen molar-refractivity contribution in [1.29, 1.82) is 0 Å². The lowest BCUT2D eigenvalue weighted by Gasteiger charge is -2.12. The van der Waals surface area contributed by atoms with E-state index in [0.29, 0.717) is 46.1 Å². The summed E-state index contributed by atoms with van der Waals surface area (Å²) in [6.45, 7) is 1.52. The van der Waals surface area contributed by atoms with Crippen LogP contribution in [0, 0.1) is 11.7 Å². The number of rotatable bonds is 9. The average Bonchev–Trinajstić information content (AvgIpc) is 3.80. The van der Waals surface area contributed by atoms with Gasteiger partial charge in [-0.05, 0) is 75.5 Å². The van der Waals surface area contributed by atoms with Gasteiger partial charge >= 0.3 is 0 Å². The Bertz CT molecular complexity index is 2010. The molecule has 1 aromatic carbocycles.